The normalized spacial score (nSPS) is 49.7. The second kappa shape index (κ2) is 1.96. The predicted octanol–water partition coefficient (Wildman–Crippen LogP) is 0.285. The Kier molecular flexibility index (Phi) is 1.24. The molecule has 3 aliphatic heterocycles. The Bertz CT molecular complexity index is 110. The lowest BCUT2D eigenvalue weighted by Crippen LogP contribution is -2.54. The average Bonchev–Trinajstić information content (AvgIpc) is 1.90. The Morgan fingerprint density at radius 3 is 2.22 bits per heavy atom. The first-order chi connectivity index (χ1) is 4.36. The van der Waals surface area contributed by atoms with E-state index >= 15 is 0 Å². The molecule has 3 heterocycles. The lowest BCUT2D eigenvalue weighted by Gasteiger charge is -2.43. The molecule has 0 aromatic rings. The molecule has 2 heteroatoms. The van der Waals surface area contributed by atoms with E-state index in [-0.39, 0.29) is 1.43 Å². The van der Waals surface area contributed by atoms with Crippen molar-refractivity contribution >= 4 is 0 Å². The van der Waals surface area contributed by atoms with Crippen LogP contribution in [0.4, 0.5) is 0 Å². The van der Waals surface area contributed by atoms with Crippen molar-refractivity contribution in [1.82, 2.24) is 4.90 Å². The lowest BCUT2D eigenvalue weighted by atomic mass is 9.85. The molecular formula is C7H16N2. The van der Waals surface area contributed by atoms with Gasteiger partial charge in [0.25, 0.3) is 0 Å². The van der Waals surface area contributed by atoms with E-state index in [1.165, 1.54) is 25.9 Å². The molecule has 1 atom stereocenters. The monoisotopic (exact) mass is 128 g/mol. The van der Waals surface area contributed by atoms with E-state index in [4.69, 9.17) is 5.73 Å². The van der Waals surface area contributed by atoms with Crippen LogP contribution in [-0.4, -0.2) is 30.6 Å². The van der Waals surface area contributed by atoms with Crippen molar-refractivity contribution in [3.8, 4) is 0 Å². The molecule has 2 nitrogen and oxygen atoms in total. The van der Waals surface area contributed by atoms with E-state index in [0.717, 1.165) is 12.5 Å². The van der Waals surface area contributed by atoms with Crippen molar-refractivity contribution in [2.75, 3.05) is 19.6 Å². The Morgan fingerprint density at radius 1 is 1.33 bits per heavy atom. The van der Waals surface area contributed by atoms with Crippen molar-refractivity contribution in [3.63, 3.8) is 0 Å². The molecule has 2 N–H and O–H groups in total. The molecule has 3 rings (SSSR count). The maximum Gasteiger partial charge on any atom is 0.0197 e. The van der Waals surface area contributed by atoms with Gasteiger partial charge in [-0.1, -0.05) is 0 Å². The number of nitrogens with zero attached hydrogens (tertiary/aromatic N) is 1. The summed E-state index contributed by atoms with van der Waals surface area (Å²) >= 11 is 0. The van der Waals surface area contributed by atoms with Gasteiger partial charge in [-0.25, -0.2) is 0 Å². The molecule has 0 aromatic carbocycles. The Balaban J connectivity index is 0.000000500. The van der Waals surface area contributed by atoms with E-state index in [1.54, 1.807) is 0 Å². The van der Waals surface area contributed by atoms with E-state index in [2.05, 4.69) is 4.90 Å². The third-order valence-corrected chi connectivity index (χ3v) is 2.71. The van der Waals surface area contributed by atoms with Gasteiger partial charge in [0.2, 0.25) is 0 Å². The van der Waals surface area contributed by atoms with Gasteiger partial charge in [0.1, 0.15) is 0 Å². The minimum absolute atomic E-state index is 0. The first-order valence-electron chi connectivity index (χ1n) is 3.84. The zero-order valence-corrected chi connectivity index (χ0v) is 5.71. The summed E-state index contributed by atoms with van der Waals surface area (Å²) in [7, 11) is 0. The fourth-order valence-corrected chi connectivity index (χ4v) is 2.01. The predicted molar refractivity (Wildman–Crippen MR) is 39.3 cm³/mol. The summed E-state index contributed by atoms with van der Waals surface area (Å²) in [4.78, 5) is 2.48. The highest BCUT2D eigenvalue weighted by Crippen LogP contribution is 2.25. The molecule has 0 amide bonds. The first-order valence-corrected chi connectivity index (χ1v) is 3.84. The van der Waals surface area contributed by atoms with Crippen molar-refractivity contribution in [2.24, 2.45) is 11.7 Å². The minimum Gasteiger partial charge on any atom is -0.326 e. The third-order valence-electron chi connectivity index (χ3n) is 2.71. The average molecular weight is 128 g/mol. The Hall–Kier alpha value is -0.0800. The number of piperidine rings is 3. The summed E-state index contributed by atoms with van der Waals surface area (Å²) in [5, 5.41) is 0. The standard InChI is InChI=1S/C7H14N2.H2/c8-7-5-9-3-1-6(7)2-4-9;/h6-7H,1-5,8H2;1H/t7-;/m1./s1. The Morgan fingerprint density at radius 2 is 2.00 bits per heavy atom. The topological polar surface area (TPSA) is 29.3 Å². The summed E-state index contributed by atoms with van der Waals surface area (Å²) in [6, 6.07) is 0.493. The van der Waals surface area contributed by atoms with Gasteiger partial charge < -0.3 is 10.6 Å². The molecular weight excluding hydrogens is 112 g/mol. The van der Waals surface area contributed by atoms with Crippen molar-refractivity contribution in [1.29, 1.82) is 0 Å². The summed E-state index contributed by atoms with van der Waals surface area (Å²) in [6.07, 6.45) is 2.70. The van der Waals surface area contributed by atoms with Crippen LogP contribution < -0.4 is 5.73 Å². The SMILES string of the molecule is N[C@@H]1CN2CCC1CC2.[HH]. The molecule has 0 spiro atoms. The van der Waals surface area contributed by atoms with Crippen LogP contribution in [0.25, 0.3) is 0 Å². The summed E-state index contributed by atoms with van der Waals surface area (Å²) < 4.78 is 0. The van der Waals surface area contributed by atoms with Crippen molar-refractivity contribution in [3.05, 3.63) is 0 Å². The zero-order chi connectivity index (χ0) is 6.27. The number of rotatable bonds is 0. The molecule has 9 heavy (non-hydrogen) atoms. The zero-order valence-electron chi connectivity index (χ0n) is 5.71. The van der Waals surface area contributed by atoms with Gasteiger partial charge in [-0.2, -0.15) is 0 Å². The largest absolute Gasteiger partial charge is 0.326 e. The van der Waals surface area contributed by atoms with Crippen LogP contribution in [-0.2, 0) is 0 Å². The van der Waals surface area contributed by atoms with Gasteiger partial charge in [0.15, 0.2) is 0 Å². The number of hydrogen-bond acceptors (Lipinski definition) is 2. The van der Waals surface area contributed by atoms with Crippen molar-refractivity contribution in [2.45, 2.75) is 18.9 Å². The fourth-order valence-electron chi connectivity index (χ4n) is 2.01. The van der Waals surface area contributed by atoms with Crippen LogP contribution in [0.5, 0.6) is 0 Å². The highest BCUT2D eigenvalue weighted by atomic mass is 15.2. The van der Waals surface area contributed by atoms with Gasteiger partial charge >= 0.3 is 0 Å². The lowest BCUT2D eigenvalue weighted by molar-refractivity contribution is 0.0896. The van der Waals surface area contributed by atoms with Crippen LogP contribution in [0.3, 0.4) is 0 Å². The smallest absolute Gasteiger partial charge is 0.0197 e. The maximum atomic E-state index is 5.88. The van der Waals surface area contributed by atoms with Crippen LogP contribution in [0.2, 0.25) is 0 Å². The maximum absolute atomic E-state index is 5.88. The number of hydrogen-bond donors (Lipinski definition) is 1. The van der Waals surface area contributed by atoms with E-state index in [9.17, 15) is 0 Å². The van der Waals surface area contributed by atoms with Gasteiger partial charge in [-0.15, -0.1) is 0 Å². The van der Waals surface area contributed by atoms with Crippen LogP contribution in [0.15, 0.2) is 0 Å². The van der Waals surface area contributed by atoms with E-state index < -0.39 is 0 Å². The van der Waals surface area contributed by atoms with Crippen molar-refractivity contribution < 1.29 is 1.43 Å². The highest BCUT2D eigenvalue weighted by molar-refractivity contribution is 4.88. The number of fused-ring (bicyclic) bond motifs is 3. The van der Waals surface area contributed by atoms with Gasteiger partial charge in [0, 0.05) is 14.0 Å². The minimum atomic E-state index is 0. The molecule has 0 aliphatic carbocycles. The molecule has 0 aromatic heterocycles. The molecule has 3 saturated heterocycles. The molecule has 3 aliphatic rings. The summed E-state index contributed by atoms with van der Waals surface area (Å²) in [6.45, 7) is 3.77. The molecule has 0 radical (unpaired) electrons. The number of nitrogens with two attached hydrogens (primary N) is 1. The molecule has 0 unspecified atom stereocenters. The second-order valence-corrected chi connectivity index (χ2v) is 3.30. The van der Waals surface area contributed by atoms with Gasteiger partial charge in [-0.05, 0) is 31.8 Å². The second-order valence-electron chi connectivity index (χ2n) is 3.30. The third kappa shape index (κ3) is 0.864. The van der Waals surface area contributed by atoms with Gasteiger partial charge in [0.05, 0.1) is 0 Å². The van der Waals surface area contributed by atoms with Crippen LogP contribution >= 0.6 is 0 Å². The molecule has 0 saturated carbocycles. The van der Waals surface area contributed by atoms with E-state index in [0.29, 0.717) is 6.04 Å². The summed E-state index contributed by atoms with van der Waals surface area (Å²) in [5.74, 6) is 0.856. The molecule has 54 valence electrons. The van der Waals surface area contributed by atoms with Crippen LogP contribution in [0.1, 0.15) is 14.3 Å². The van der Waals surface area contributed by atoms with Gasteiger partial charge in [-0.3, -0.25) is 0 Å². The Labute approximate surface area is 57.5 Å². The first kappa shape index (κ1) is 5.69. The molecule has 3 fully saturated rings. The van der Waals surface area contributed by atoms with E-state index in [1.807, 2.05) is 0 Å². The molecule has 2 bridgehead atoms. The quantitative estimate of drug-likeness (QED) is 0.508. The fraction of sp³-hybridized carbons (Fsp3) is 1.00. The van der Waals surface area contributed by atoms with Crippen LogP contribution in [0, 0.1) is 5.92 Å². The summed E-state index contributed by atoms with van der Waals surface area (Å²) in [5.41, 5.74) is 5.88. The highest BCUT2D eigenvalue weighted by Gasteiger charge is 2.31.